The van der Waals surface area contributed by atoms with Gasteiger partial charge in [0.1, 0.15) is 42.7 Å². The zero-order valence-electron chi connectivity index (χ0n) is 33.2. The summed E-state index contributed by atoms with van der Waals surface area (Å²) in [6.07, 6.45) is -7.27. The highest BCUT2D eigenvalue weighted by Gasteiger charge is 2.71. The number of esters is 1. The van der Waals surface area contributed by atoms with Gasteiger partial charge in [0, 0.05) is 5.41 Å². The van der Waals surface area contributed by atoms with Crippen molar-refractivity contribution < 1.29 is 69.7 Å². The summed E-state index contributed by atoms with van der Waals surface area (Å²) in [5.41, 5.74) is -1.40. The summed E-state index contributed by atoms with van der Waals surface area (Å²) in [7, 11) is 0. The Morgan fingerprint density at radius 1 is 0.782 bits per heavy atom. The molecule has 14 nitrogen and oxygen atoms in total. The maximum absolute atomic E-state index is 14.7. The lowest BCUT2D eigenvalue weighted by molar-refractivity contribution is -0.317. The van der Waals surface area contributed by atoms with Crippen molar-refractivity contribution in [3.05, 3.63) is 11.6 Å². The zero-order chi connectivity index (χ0) is 40.3. The average Bonchev–Trinajstić information content (AvgIpc) is 3.13. The number of allylic oxidation sites excluding steroid dienone is 2. The van der Waals surface area contributed by atoms with Gasteiger partial charge >= 0.3 is 5.97 Å². The van der Waals surface area contributed by atoms with Gasteiger partial charge in [-0.3, -0.25) is 4.79 Å². The first kappa shape index (κ1) is 41.9. The lowest BCUT2D eigenvalue weighted by atomic mass is 9.33. The Labute approximate surface area is 323 Å². The van der Waals surface area contributed by atoms with Crippen molar-refractivity contribution >= 4 is 5.97 Å². The molecule has 2 heterocycles. The van der Waals surface area contributed by atoms with E-state index in [0.29, 0.717) is 25.7 Å². The van der Waals surface area contributed by atoms with Crippen LogP contribution in [-0.2, 0) is 23.7 Å². The fraction of sp³-hybridized carbons (Fsp3) is 0.927. The van der Waals surface area contributed by atoms with E-state index in [1.54, 1.807) is 0 Å². The number of hydrogen-bond donors (Lipinski definition) is 9. The second-order valence-corrected chi connectivity index (χ2v) is 20.3. The molecular weight excluding hydrogens is 716 g/mol. The predicted molar refractivity (Wildman–Crippen MR) is 194 cm³/mol. The van der Waals surface area contributed by atoms with Crippen LogP contribution in [0.5, 0.6) is 0 Å². The van der Waals surface area contributed by atoms with Gasteiger partial charge in [0.2, 0.25) is 6.29 Å². The van der Waals surface area contributed by atoms with Crippen LogP contribution in [0.3, 0.4) is 0 Å². The second kappa shape index (κ2) is 14.2. The number of aliphatic hydroxyl groups excluding tert-OH is 9. The Kier molecular flexibility index (Phi) is 10.8. The molecule has 5 aliphatic carbocycles. The molecule has 19 atom stereocenters. The minimum atomic E-state index is -1.76. The van der Waals surface area contributed by atoms with Crippen LogP contribution in [0.15, 0.2) is 11.6 Å². The first-order valence-electron chi connectivity index (χ1n) is 20.5. The summed E-state index contributed by atoms with van der Waals surface area (Å²) in [6.45, 7) is 12.4. The Bertz CT molecular complexity index is 1490. The molecule has 0 aromatic heterocycles. The molecule has 0 spiro atoms. The Morgan fingerprint density at radius 2 is 1.45 bits per heavy atom. The first-order chi connectivity index (χ1) is 25.6. The van der Waals surface area contributed by atoms with Gasteiger partial charge in [-0.05, 0) is 97.2 Å². The Morgan fingerprint density at radius 3 is 2.15 bits per heavy atom. The van der Waals surface area contributed by atoms with Crippen molar-refractivity contribution in [3.8, 4) is 0 Å². The fourth-order valence-corrected chi connectivity index (χ4v) is 13.2. The maximum Gasteiger partial charge on any atom is 0.315 e. The third kappa shape index (κ3) is 6.22. The van der Waals surface area contributed by atoms with Crippen molar-refractivity contribution in [1.29, 1.82) is 0 Å². The van der Waals surface area contributed by atoms with Gasteiger partial charge in [-0.1, -0.05) is 53.2 Å². The number of carbonyl (C=O) groups is 1. The molecule has 55 heavy (non-hydrogen) atoms. The molecule has 0 amide bonds. The van der Waals surface area contributed by atoms with Crippen LogP contribution in [0, 0.1) is 50.2 Å². The van der Waals surface area contributed by atoms with Crippen LogP contribution in [-0.4, -0.2) is 139 Å². The summed E-state index contributed by atoms with van der Waals surface area (Å²) in [5, 5.41) is 95.8. The number of carbonyl (C=O) groups excluding carboxylic acids is 1. The summed E-state index contributed by atoms with van der Waals surface area (Å²) >= 11 is 0. The van der Waals surface area contributed by atoms with Crippen molar-refractivity contribution in [2.45, 2.75) is 167 Å². The molecule has 0 aromatic carbocycles. The molecule has 9 N–H and O–H groups in total. The zero-order valence-corrected chi connectivity index (χ0v) is 33.2. The lowest BCUT2D eigenvalue weighted by Gasteiger charge is -2.71. The number of fused-ring (bicyclic) bond motifs is 7. The topological polar surface area (TPSA) is 236 Å². The second-order valence-electron chi connectivity index (χ2n) is 20.3. The van der Waals surface area contributed by atoms with Crippen LogP contribution in [0.1, 0.15) is 99.3 Å². The van der Waals surface area contributed by atoms with E-state index in [2.05, 4.69) is 40.7 Å². The van der Waals surface area contributed by atoms with Gasteiger partial charge in [-0.2, -0.15) is 0 Å². The molecule has 2 saturated heterocycles. The number of hydrogen-bond acceptors (Lipinski definition) is 14. The summed E-state index contributed by atoms with van der Waals surface area (Å²) < 4.78 is 22.8. The highest BCUT2D eigenvalue weighted by Crippen LogP contribution is 2.76. The van der Waals surface area contributed by atoms with E-state index < -0.39 is 90.9 Å². The average molecular weight is 783 g/mol. The highest BCUT2D eigenvalue weighted by molar-refractivity contribution is 5.79. The van der Waals surface area contributed by atoms with Gasteiger partial charge in [-0.15, -0.1) is 0 Å². The monoisotopic (exact) mass is 782 g/mol. The molecule has 314 valence electrons. The van der Waals surface area contributed by atoms with Gasteiger partial charge < -0.3 is 64.9 Å². The summed E-state index contributed by atoms with van der Waals surface area (Å²) in [5.74, 6) is -0.509. The molecular formula is C41H66O14. The van der Waals surface area contributed by atoms with Crippen LogP contribution >= 0.6 is 0 Å². The summed E-state index contributed by atoms with van der Waals surface area (Å²) in [6, 6.07) is 0. The van der Waals surface area contributed by atoms with Crippen molar-refractivity contribution in [2.24, 2.45) is 50.2 Å². The number of aliphatic hydroxyl groups is 9. The van der Waals surface area contributed by atoms with E-state index >= 15 is 0 Å². The van der Waals surface area contributed by atoms with E-state index in [0.717, 1.165) is 32.1 Å². The lowest BCUT2D eigenvalue weighted by Crippen LogP contribution is -2.68. The Hall–Kier alpha value is -1.27. The van der Waals surface area contributed by atoms with Crippen LogP contribution in [0.25, 0.3) is 0 Å². The molecule has 7 aliphatic rings. The molecule has 0 aromatic rings. The SMILES string of the molecule is CC1(C)CC[C@]2(C(=O)O[C@@H]3O[C@H](CO[C@@H]4OC[C@@H](O)[C@H](O)[C@H]4O)[C@@H](O)[C@H](O)[C@H]3O)CC[C@]3(C)C(=CC[C@@H]4[C@@]5(C)C[C@H](O)[C@H](O)[C@@](C)(CO)[C@@H]5CC[C@]43C)[C@@H]2C1. The molecule has 14 heteroatoms. The van der Waals surface area contributed by atoms with Gasteiger partial charge in [-0.25, -0.2) is 0 Å². The van der Waals surface area contributed by atoms with Crippen LogP contribution in [0.4, 0.5) is 0 Å². The molecule has 4 saturated carbocycles. The van der Waals surface area contributed by atoms with E-state index in [4.69, 9.17) is 18.9 Å². The quantitative estimate of drug-likeness (QED) is 0.135. The fourth-order valence-electron chi connectivity index (χ4n) is 13.2. The van der Waals surface area contributed by atoms with Gasteiger partial charge in [0.15, 0.2) is 6.29 Å². The van der Waals surface area contributed by atoms with E-state index in [-0.39, 0.29) is 52.6 Å². The van der Waals surface area contributed by atoms with E-state index in [1.165, 1.54) is 5.57 Å². The molecule has 7 rings (SSSR count). The van der Waals surface area contributed by atoms with Crippen molar-refractivity contribution in [1.82, 2.24) is 0 Å². The molecule has 0 unspecified atom stereocenters. The first-order valence-corrected chi connectivity index (χ1v) is 20.5. The van der Waals surface area contributed by atoms with Crippen LogP contribution in [0.2, 0.25) is 0 Å². The molecule has 0 bridgehead atoms. The highest BCUT2D eigenvalue weighted by atomic mass is 16.7. The van der Waals surface area contributed by atoms with E-state index in [9.17, 15) is 50.8 Å². The maximum atomic E-state index is 14.7. The van der Waals surface area contributed by atoms with E-state index in [1.807, 2.05) is 6.92 Å². The van der Waals surface area contributed by atoms with Gasteiger partial charge in [0.25, 0.3) is 0 Å². The van der Waals surface area contributed by atoms with Crippen molar-refractivity contribution in [3.63, 3.8) is 0 Å². The largest absolute Gasteiger partial charge is 0.432 e. The van der Waals surface area contributed by atoms with Gasteiger partial charge in [0.05, 0.1) is 37.4 Å². The normalized spacial score (nSPS) is 54.9. The molecule has 2 aliphatic heterocycles. The predicted octanol–water partition coefficient (Wildman–Crippen LogP) is 0.899. The van der Waals surface area contributed by atoms with Crippen LogP contribution < -0.4 is 0 Å². The number of rotatable bonds is 6. The smallest absolute Gasteiger partial charge is 0.315 e. The Balaban J connectivity index is 1.15. The molecule has 0 radical (unpaired) electrons. The number of ether oxygens (including phenoxy) is 4. The third-order valence-corrected chi connectivity index (χ3v) is 16.9. The minimum Gasteiger partial charge on any atom is -0.432 e. The third-order valence-electron chi connectivity index (χ3n) is 16.9. The van der Waals surface area contributed by atoms with Crippen molar-refractivity contribution in [2.75, 3.05) is 19.8 Å². The summed E-state index contributed by atoms with van der Waals surface area (Å²) in [4.78, 5) is 14.7. The minimum absolute atomic E-state index is 0.0241. The standard InChI is InChI=1S/C41H66O14/c1-36(2)11-13-41(35(51)55-34-31(49)29(47)28(46)24(54-34)18-53-33-30(48)27(45)23(44)17-52-33)14-12-39(5)20(21(41)15-36)7-8-26-37(3)16-22(43)32(50)38(4,19-42)25(37)9-10-40(26,39)6/h7,21-34,42-50H,8-19H2,1-6H3/t21-,22-,23+,24+,25+,26+,27-,28+,29-,30+,31+,32-,33-,34-,37-,38-,39+,40+,41-/m0/s1. The molecule has 6 fully saturated rings.